The second-order valence-electron chi connectivity index (χ2n) is 8.39. The SMILES string of the molecule is CCNC(=O)C(C)N(Cc1ccc(F)cc1)C(=O)CN(c1cccc(Cl)c1)S(=O)(=O)c1ccc(OC)cc1. The number of methoxy groups -OCH3 is 1. The number of hydrogen-bond donors (Lipinski definition) is 1. The summed E-state index contributed by atoms with van der Waals surface area (Å²) >= 11 is 6.15. The number of likely N-dealkylation sites (N-methyl/N-ethyl adjacent to an activating group) is 1. The fourth-order valence-electron chi connectivity index (χ4n) is 3.73. The van der Waals surface area contributed by atoms with Crippen LogP contribution in [0.25, 0.3) is 0 Å². The lowest BCUT2D eigenvalue weighted by Gasteiger charge is -2.32. The molecule has 0 fully saturated rings. The molecule has 0 saturated heterocycles. The summed E-state index contributed by atoms with van der Waals surface area (Å²) in [6, 6.07) is 16.5. The Labute approximate surface area is 227 Å². The van der Waals surface area contributed by atoms with Crippen LogP contribution in [-0.2, 0) is 26.2 Å². The largest absolute Gasteiger partial charge is 0.497 e. The second-order valence-corrected chi connectivity index (χ2v) is 10.7. The van der Waals surface area contributed by atoms with Gasteiger partial charge in [-0.1, -0.05) is 29.8 Å². The van der Waals surface area contributed by atoms with Crippen molar-refractivity contribution in [1.29, 1.82) is 0 Å². The highest BCUT2D eigenvalue weighted by atomic mass is 35.5. The maximum absolute atomic E-state index is 13.8. The van der Waals surface area contributed by atoms with Crippen LogP contribution in [0.15, 0.2) is 77.7 Å². The molecule has 0 aromatic heterocycles. The number of hydrogen-bond acceptors (Lipinski definition) is 5. The van der Waals surface area contributed by atoms with Crippen molar-refractivity contribution in [2.75, 3.05) is 24.5 Å². The van der Waals surface area contributed by atoms with E-state index in [0.29, 0.717) is 17.9 Å². The molecule has 1 N–H and O–H groups in total. The number of carbonyl (C=O) groups is 2. The van der Waals surface area contributed by atoms with Crippen LogP contribution in [0, 0.1) is 5.82 Å². The molecule has 0 bridgehead atoms. The van der Waals surface area contributed by atoms with Crippen molar-refractivity contribution in [2.24, 2.45) is 0 Å². The molecule has 3 aromatic rings. The Kier molecular flexibility index (Phi) is 9.71. The lowest BCUT2D eigenvalue weighted by Crippen LogP contribution is -2.51. The quantitative estimate of drug-likeness (QED) is 0.378. The van der Waals surface area contributed by atoms with E-state index in [1.54, 1.807) is 26.0 Å². The number of benzene rings is 3. The Bertz CT molecular complexity index is 1370. The Morgan fingerprint density at radius 2 is 1.71 bits per heavy atom. The van der Waals surface area contributed by atoms with Crippen molar-refractivity contribution in [3.05, 3.63) is 89.2 Å². The van der Waals surface area contributed by atoms with Crippen LogP contribution in [0.4, 0.5) is 10.1 Å². The van der Waals surface area contributed by atoms with Gasteiger partial charge in [0.05, 0.1) is 17.7 Å². The van der Waals surface area contributed by atoms with Crippen LogP contribution in [0.1, 0.15) is 19.4 Å². The highest BCUT2D eigenvalue weighted by Gasteiger charge is 2.32. The molecular formula is C27H29ClFN3O5S. The van der Waals surface area contributed by atoms with Gasteiger partial charge in [0.15, 0.2) is 0 Å². The molecule has 38 heavy (non-hydrogen) atoms. The fraction of sp³-hybridized carbons (Fsp3) is 0.259. The molecule has 3 aromatic carbocycles. The Balaban J connectivity index is 2.02. The van der Waals surface area contributed by atoms with Crippen LogP contribution in [-0.4, -0.2) is 51.4 Å². The number of carbonyl (C=O) groups excluding carboxylic acids is 2. The molecule has 202 valence electrons. The number of nitrogens with one attached hydrogen (secondary N) is 1. The summed E-state index contributed by atoms with van der Waals surface area (Å²) in [6.45, 7) is 3.00. The smallest absolute Gasteiger partial charge is 0.264 e. The molecule has 0 radical (unpaired) electrons. The maximum Gasteiger partial charge on any atom is 0.264 e. The van der Waals surface area contributed by atoms with Crippen molar-refractivity contribution >= 4 is 39.1 Å². The van der Waals surface area contributed by atoms with Gasteiger partial charge in [0, 0.05) is 18.1 Å². The number of anilines is 1. The van der Waals surface area contributed by atoms with Gasteiger partial charge in [0.1, 0.15) is 24.2 Å². The first-order valence-electron chi connectivity index (χ1n) is 11.8. The number of rotatable bonds is 11. The predicted octanol–water partition coefficient (Wildman–Crippen LogP) is 4.24. The standard InChI is InChI=1S/C27H29ClFN3O5S/c1-4-30-27(34)19(2)31(17-20-8-10-22(29)11-9-20)26(33)18-32(23-7-5-6-21(28)16-23)38(35,36)25-14-12-24(37-3)13-15-25/h5-16,19H,4,17-18H2,1-3H3,(H,30,34). The number of amides is 2. The third-order valence-electron chi connectivity index (χ3n) is 5.81. The van der Waals surface area contributed by atoms with Crippen LogP contribution in [0.2, 0.25) is 5.02 Å². The molecule has 3 rings (SSSR count). The summed E-state index contributed by atoms with van der Waals surface area (Å²) < 4.78 is 47.0. The number of nitrogens with zero attached hydrogens (tertiary/aromatic N) is 2. The summed E-state index contributed by atoms with van der Waals surface area (Å²) in [6.07, 6.45) is 0. The molecule has 1 unspecified atom stereocenters. The lowest BCUT2D eigenvalue weighted by molar-refractivity contribution is -0.139. The lowest BCUT2D eigenvalue weighted by atomic mass is 10.1. The minimum atomic E-state index is -4.24. The fourth-order valence-corrected chi connectivity index (χ4v) is 5.32. The van der Waals surface area contributed by atoms with E-state index < -0.39 is 40.2 Å². The first kappa shape index (κ1) is 28.9. The number of ether oxygens (including phenoxy) is 1. The van der Waals surface area contributed by atoms with Gasteiger partial charge in [-0.2, -0.15) is 0 Å². The zero-order valence-corrected chi connectivity index (χ0v) is 22.8. The third kappa shape index (κ3) is 7.02. The summed E-state index contributed by atoms with van der Waals surface area (Å²) in [5.41, 5.74) is 0.747. The Morgan fingerprint density at radius 3 is 2.29 bits per heavy atom. The topological polar surface area (TPSA) is 96.0 Å². The normalized spacial score (nSPS) is 11.9. The highest BCUT2D eigenvalue weighted by molar-refractivity contribution is 7.92. The highest BCUT2D eigenvalue weighted by Crippen LogP contribution is 2.27. The monoisotopic (exact) mass is 561 g/mol. The second kappa shape index (κ2) is 12.7. The first-order valence-corrected chi connectivity index (χ1v) is 13.6. The van der Waals surface area contributed by atoms with Crippen molar-refractivity contribution in [3.8, 4) is 5.75 Å². The zero-order valence-electron chi connectivity index (χ0n) is 21.2. The molecule has 0 aliphatic rings. The van der Waals surface area contributed by atoms with Crippen molar-refractivity contribution in [2.45, 2.75) is 31.3 Å². The molecule has 8 nitrogen and oxygen atoms in total. The van der Waals surface area contributed by atoms with Gasteiger partial charge in [-0.25, -0.2) is 12.8 Å². The Morgan fingerprint density at radius 1 is 1.05 bits per heavy atom. The van der Waals surface area contributed by atoms with Gasteiger partial charge < -0.3 is 15.0 Å². The van der Waals surface area contributed by atoms with E-state index in [-0.39, 0.29) is 22.2 Å². The van der Waals surface area contributed by atoms with Gasteiger partial charge >= 0.3 is 0 Å². The van der Waals surface area contributed by atoms with E-state index >= 15 is 0 Å². The van der Waals surface area contributed by atoms with Crippen molar-refractivity contribution in [3.63, 3.8) is 0 Å². The molecule has 0 aliphatic heterocycles. The van der Waals surface area contributed by atoms with Gasteiger partial charge in [-0.3, -0.25) is 13.9 Å². The molecule has 2 amide bonds. The van der Waals surface area contributed by atoms with E-state index in [1.165, 1.54) is 72.7 Å². The van der Waals surface area contributed by atoms with E-state index in [4.69, 9.17) is 16.3 Å². The molecule has 0 aliphatic carbocycles. The minimum absolute atomic E-state index is 0.0383. The third-order valence-corrected chi connectivity index (χ3v) is 7.83. The van der Waals surface area contributed by atoms with Crippen LogP contribution in [0.5, 0.6) is 5.75 Å². The molecular weight excluding hydrogens is 533 g/mol. The van der Waals surface area contributed by atoms with Crippen LogP contribution < -0.4 is 14.4 Å². The Hall–Kier alpha value is -3.63. The summed E-state index contributed by atoms with van der Waals surface area (Å²) in [7, 11) is -2.77. The average molecular weight is 562 g/mol. The predicted molar refractivity (Wildman–Crippen MR) is 144 cm³/mol. The van der Waals surface area contributed by atoms with E-state index in [1.807, 2.05) is 0 Å². The molecule has 11 heteroatoms. The van der Waals surface area contributed by atoms with Gasteiger partial charge in [-0.15, -0.1) is 0 Å². The minimum Gasteiger partial charge on any atom is -0.497 e. The summed E-state index contributed by atoms with van der Waals surface area (Å²) in [4.78, 5) is 27.6. The van der Waals surface area contributed by atoms with Gasteiger partial charge in [-0.05, 0) is 74.0 Å². The zero-order chi connectivity index (χ0) is 27.9. The summed E-state index contributed by atoms with van der Waals surface area (Å²) in [5, 5.41) is 2.96. The van der Waals surface area contributed by atoms with E-state index in [9.17, 15) is 22.4 Å². The molecule has 0 heterocycles. The molecule has 1 atom stereocenters. The molecule has 0 spiro atoms. The number of halogens is 2. The van der Waals surface area contributed by atoms with E-state index in [2.05, 4.69) is 5.32 Å². The van der Waals surface area contributed by atoms with Crippen molar-refractivity contribution in [1.82, 2.24) is 10.2 Å². The van der Waals surface area contributed by atoms with Crippen LogP contribution >= 0.6 is 11.6 Å². The molecule has 0 saturated carbocycles. The average Bonchev–Trinajstić information content (AvgIpc) is 2.91. The number of sulfonamides is 1. The van der Waals surface area contributed by atoms with Crippen LogP contribution in [0.3, 0.4) is 0 Å². The van der Waals surface area contributed by atoms with Crippen molar-refractivity contribution < 1.29 is 27.1 Å². The maximum atomic E-state index is 13.8. The first-order chi connectivity index (χ1) is 18.1. The summed E-state index contributed by atoms with van der Waals surface area (Å²) in [5.74, 6) is -1.02. The van der Waals surface area contributed by atoms with E-state index in [0.717, 1.165) is 4.31 Å². The van der Waals surface area contributed by atoms with Gasteiger partial charge in [0.2, 0.25) is 11.8 Å². The van der Waals surface area contributed by atoms with Gasteiger partial charge in [0.25, 0.3) is 10.0 Å².